The van der Waals surface area contributed by atoms with Crippen LogP contribution in [0.15, 0.2) is 0 Å². The Bertz CT molecular complexity index is 138. The maximum Gasteiger partial charge on any atom is 0.0848 e. The Morgan fingerprint density at radius 2 is 1.54 bits per heavy atom. The zero-order valence-electron chi connectivity index (χ0n) is 9.04. The second kappa shape index (κ2) is 4.94. The summed E-state index contributed by atoms with van der Waals surface area (Å²) in [5, 5.41) is 3.51. The molecule has 0 radical (unpaired) electrons. The molecular formula is C10H21NO2. The summed E-state index contributed by atoms with van der Waals surface area (Å²) in [5.41, 5.74) is 0. The minimum Gasteiger partial charge on any atom is -0.379 e. The molecule has 13 heavy (non-hydrogen) atoms. The van der Waals surface area contributed by atoms with E-state index >= 15 is 0 Å². The highest BCUT2D eigenvalue weighted by molar-refractivity contribution is 4.89. The van der Waals surface area contributed by atoms with Crippen molar-refractivity contribution >= 4 is 0 Å². The van der Waals surface area contributed by atoms with Crippen LogP contribution in [0.3, 0.4) is 0 Å². The van der Waals surface area contributed by atoms with Crippen molar-refractivity contribution < 1.29 is 9.47 Å². The molecule has 3 nitrogen and oxygen atoms in total. The molecule has 1 aliphatic rings. The van der Waals surface area contributed by atoms with Crippen molar-refractivity contribution in [2.24, 2.45) is 0 Å². The average Bonchev–Trinajstić information content (AvgIpc) is 2.45. The molecule has 3 heteroatoms. The maximum atomic E-state index is 5.36. The van der Waals surface area contributed by atoms with Crippen LogP contribution in [-0.4, -0.2) is 38.5 Å². The van der Waals surface area contributed by atoms with Gasteiger partial charge in [-0.15, -0.1) is 0 Å². The van der Waals surface area contributed by atoms with E-state index in [0.29, 0.717) is 12.1 Å². The van der Waals surface area contributed by atoms with Crippen molar-refractivity contribution in [2.45, 2.75) is 51.0 Å². The molecule has 0 saturated heterocycles. The Hall–Kier alpha value is -0.120. The molecule has 0 aliphatic heterocycles. The number of ether oxygens (including phenoxy) is 2. The summed E-state index contributed by atoms with van der Waals surface area (Å²) in [4.78, 5) is 0. The largest absolute Gasteiger partial charge is 0.379 e. The highest BCUT2D eigenvalue weighted by atomic mass is 16.5. The normalized spacial score (nSPS) is 34.4. The smallest absolute Gasteiger partial charge is 0.0848 e. The van der Waals surface area contributed by atoms with Crippen LogP contribution < -0.4 is 5.32 Å². The highest BCUT2D eigenvalue weighted by Crippen LogP contribution is 2.24. The fraction of sp³-hybridized carbons (Fsp3) is 1.00. The van der Waals surface area contributed by atoms with Crippen LogP contribution in [-0.2, 0) is 9.47 Å². The van der Waals surface area contributed by atoms with E-state index in [2.05, 4.69) is 19.2 Å². The van der Waals surface area contributed by atoms with Crippen molar-refractivity contribution in [3.05, 3.63) is 0 Å². The molecule has 1 unspecified atom stereocenters. The van der Waals surface area contributed by atoms with E-state index < -0.39 is 0 Å². The fourth-order valence-electron chi connectivity index (χ4n) is 2.06. The van der Waals surface area contributed by atoms with Crippen LogP contribution in [0.1, 0.15) is 26.7 Å². The number of nitrogens with one attached hydrogen (secondary N) is 1. The van der Waals surface area contributed by atoms with Gasteiger partial charge in [-0.25, -0.2) is 0 Å². The lowest BCUT2D eigenvalue weighted by atomic mass is 10.2. The topological polar surface area (TPSA) is 30.5 Å². The van der Waals surface area contributed by atoms with E-state index in [0.717, 1.165) is 12.8 Å². The molecule has 3 atom stereocenters. The molecule has 1 aliphatic carbocycles. The molecule has 1 fully saturated rings. The molecule has 0 amide bonds. The molecule has 0 aromatic carbocycles. The third kappa shape index (κ3) is 2.93. The Kier molecular flexibility index (Phi) is 4.16. The van der Waals surface area contributed by atoms with Gasteiger partial charge in [-0.2, -0.15) is 0 Å². The van der Waals surface area contributed by atoms with E-state index in [-0.39, 0.29) is 12.2 Å². The molecule has 0 aromatic rings. The molecule has 0 spiro atoms. The highest BCUT2D eigenvalue weighted by Gasteiger charge is 2.34. The lowest BCUT2D eigenvalue weighted by Crippen LogP contribution is -2.33. The average molecular weight is 187 g/mol. The lowest BCUT2D eigenvalue weighted by molar-refractivity contribution is -0.0157. The first-order valence-corrected chi connectivity index (χ1v) is 4.99. The number of hydrogen-bond acceptors (Lipinski definition) is 3. The van der Waals surface area contributed by atoms with Crippen molar-refractivity contribution in [3.8, 4) is 0 Å². The summed E-state index contributed by atoms with van der Waals surface area (Å²) in [7, 11) is 3.52. The number of methoxy groups -OCH3 is 2. The van der Waals surface area contributed by atoms with Gasteiger partial charge in [0.15, 0.2) is 0 Å². The van der Waals surface area contributed by atoms with Crippen LogP contribution in [0, 0.1) is 0 Å². The third-order valence-electron chi connectivity index (χ3n) is 2.62. The summed E-state index contributed by atoms with van der Waals surface area (Å²) in [6, 6.07) is 1.09. The second-order valence-electron chi connectivity index (χ2n) is 4.04. The van der Waals surface area contributed by atoms with E-state index in [1.807, 2.05) is 0 Å². The predicted octanol–water partition coefficient (Wildman–Crippen LogP) is 1.18. The zero-order valence-corrected chi connectivity index (χ0v) is 9.04. The number of hydrogen-bond donors (Lipinski definition) is 1. The second-order valence-corrected chi connectivity index (χ2v) is 4.04. The molecule has 0 heterocycles. The molecule has 78 valence electrons. The van der Waals surface area contributed by atoms with E-state index in [1.165, 1.54) is 0 Å². The predicted molar refractivity (Wildman–Crippen MR) is 52.9 cm³/mol. The van der Waals surface area contributed by atoms with Gasteiger partial charge in [-0.3, -0.25) is 0 Å². The SMILES string of the molecule is CO[C@H]1CC(NC(C)C)C[C@H]1OC. The fourth-order valence-corrected chi connectivity index (χ4v) is 2.06. The van der Waals surface area contributed by atoms with Gasteiger partial charge >= 0.3 is 0 Å². The van der Waals surface area contributed by atoms with Gasteiger partial charge in [0.25, 0.3) is 0 Å². The van der Waals surface area contributed by atoms with Gasteiger partial charge in [-0.1, -0.05) is 13.8 Å². The quantitative estimate of drug-likeness (QED) is 0.717. The lowest BCUT2D eigenvalue weighted by Gasteiger charge is -2.15. The molecule has 0 bridgehead atoms. The van der Waals surface area contributed by atoms with Crippen molar-refractivity contribution in [3.63, 3.8) is 0 Å². The van der Waals surface area contributed by atoms with Gasteiger partial charge in [-0.05, 0) is 12.8 Å². The monoisotopic (exact) mass is 187 g/mol. The van der Waals surface area contributed by atoms with Crippen LogP contribution in [0.5, 0.6) is 0 Å². The van der Waals surface area contributed by atoms with E-state index in [1.54, 1.807) is 14.2 Å². The maximum absolute atomic E-state index is 5.36. The van der Waals surface area contributed by atoms with Gasteiger partial charge in [0.05, 0.1) is 12.2 Å². The Labute approximate surface area is 80.8 Å². The van der Waals surface area contributed by atoms with Gasteiger partial charge in [0.2, 0.25) is 0 Å². The van der Waals surface area contributed by atoms with Crippen LogP contribution in [0.2, 0.25) is 0 Å². The Balaban J connectivity index is 2.38. The minimum absolute atomic E-state index is 0.265. The summed E-state index contributed by atoms with van der Waals surface area (Å²) >= 11 is 0. The molecule has 1 N–H and O–H groups in total. The summed E-state index contributed by atoms with van der Waals surface area (Å²) < 4.78 is 10.7. The van der Waals surface area contributed by atoms with E-state index in [4.69, 9.17) is 9.47 Å². The minimum atomic E-state index is 0.265. The van der Waals surface area contributed by atoms with Crippen LogP contribution in [0.4, 0.5) is 0 Å². The zero-order chi connectivity index (χ0) is 9.84. The standard InChI is InChI=1S/C10H21NO2/c1-7(2)11-8-5-9(12-3)10(6-8)13-4/h7-11H,5-6H2,1-4H3/t8?,9-,10+. The van der Waals surface area contributed by atoms with Crippen molar-refractivity contribution in [2.75, 3.05) is 14.2 Å². The Morgan fingerprint density at radius 3 is 1.85 bits per heavy atom. The first-order valence-electron chi connectivity index (χ1n) is 4.99. The Morgan fingerprint density at radius 1 is 1.08 bits per heavy atom. The van der Waals surface area contributed by atoms with Gasteiger partial charge in [0, 0.05) is 26.3 Å². The summed E-state index contributed by atoms with van der Waals surface area (Å²) in [5.74, 6) is 0. The number of rotatable bonds is 4. The van der Waals surface area contributed by atoms with Gasteiger partial charge in [0.1, 0.15) is 0 Å². The van der Waals surface area contributed by atoms with Crippen molar-refractivity contribution in [1.82, 2.24) is 5.32 Å². The summed E-state index contributed by atoms with van der Waals surface area (Å²) in [6.07, 6.45) is 2.66. The first kappa shape index (κ1) is 11.0. The molecular weight excluding hydrogens is 166 g/mol. The van der Waals surface area contributed by atoms with E-state index in [9.17, 15) is 0 Å². The van der Waals surface area contributed by atoms with Crippen LogP contribution in [0.25, 0.3) is 0 Å². The molecule has 1 saturated carbocycles. The summed E-state index contributed by atoms with van der Waals surface area (Å²) in [6.45, 7) is 4.34. The third-order valence-corrected chi connectivity index (χ3v) is 2.62. The molecule has 0 aromatic heterocycles. The van der Waals surface area contributed by atoms with Crippen molar-refractivity contribution in [1.29, 1.82) is 0 Å². The first-order chi connectivity index (χ1) is 6.17. The van der Waals surface area contributed by atoms with Crippen LogP contribution >= 0.6 is 0 Å². The molecule has 1 rings (SSSR count). The van der Waals surface area contributed by atoms with Gasteiger partial charge < -0.3 is 14.8 Å².